The lowest BCUT2D eigenvalue weighted by Crippen LogP contribution is -2.60. The van der Waals surface area contributed by atoms with E-state index in [1.54, 1.807) is 0 Å². The van der Waals surface area contributed by atoms with Crippen molar-refractivity contribution >= 4 is 11.9 Å². The Labute approximate surface area is 170 Å². The summed E-state index contributed by atoms with van der Waals surface area (Å²) in [4.78, 5) is 21.7. The van der Waals surface area contributed by atoms with E-state index in [0.717, 1.165) is 71.3 Å². The molecule has 0 aromatic heterocycles. The number of ether oxygens (including phenoxy) is 1. The summed E-state index contributed by atoms with van der Waals surface area (Å²) < 4.78 is 5.58. The zero-order chi connectivity index (χ0) is 19.7. The van der Waals surface area contributed by atoms with Crippen LogP contribution in [0.25, 0.3) is 0 Å². The molecule has 2 heterocycles. The van der Waals surface area contributed by atoms with Crippen molar-refractivity contribution in [3.8, 4) is 0 Å². The van der Waals surface area contributed by atoms with Crippen molar-refractivity contribution in [3.63, 3.8) is 0 Å². The molecule has 3 aliphatic rings. The van der Waals surface area contributed by atoms with Crippen molar-refractivity contribution in [2.75, 3.05) is 59.0 Å². The third-order valence-corrected chi connectivity index (χ3v) is 6.48. The lowest BCUT2D eigenvalue weighted by Gasteiger charge is -2.48. The van der Waals surface area contributed by atoms with Crippen LogP contribution in [0, 0.1) is 0 Å². The first-order valence-corrected chi connectivity index (χ1v) is 11.4. The molecule has 1 amide bonds. The Morgan fingerprint density at radius 1 is 0.964 bits per heavy atom. The minimum Gasteiger partial charge on any atom is -0.379 e. The standard InChI is InChI=1S/C21H39N5O2/c1-2-22-20(23-17-19(27)25-11-7-4-8-12-25)24-18-21(9-5-3-6-10-21)26-13-15-28-16-14-26/h2-18H2,1H3,(H2,22,23,24). The predicted molar refractivity (Wildman–Crippen MR) is 113 cm³/mol. The van der Waals surface area contributed by atoms with Crippen molar-refractivity contribution in [2.45, 2.75) is 63.8 Å². The van der Waals surface area contributed by atoms with Gasteiger partial charge >= 0.3 is 0 Å². The summed E-state index contributed by atoms with van der Waals surface area (Å²) >= 11 is 0. The Kier molecular flexibility index (Phi) is 8.40. The number of carbonyl (C=O) groups is 1. The highest BCUT2D eigenvalue weighted by Gasteiger charge is 2.38. The van der Waals surface area contributed by atoms with Gasteiger partial charge in [0, 0.05) is 44.8 Å². The fraction of sp³-hybridized carbons (Fsp3) is 0.905. The van der Waals surface area contributed by atoms with E-state index in [-0.39, 0.29) is 18.0 Å². The molecule has 3 rings (SSSR count). The Morgan fingerprint density at radius 3 is 2.32 bits per heavy atom. The number of hydrogen-bond donors (Lipinski definition) is 2. The lowest BCUT2D eigenvalue weighted by atomic mass is 9.80. The van der Waals surface area contributed by atoms with E-state index in [9.17, 15) is 4.79 Å². The monoisotopic (exact) mass is 393 g/mol. The van der Waals surface area contributed by atoms with Gasteiger partial charge in [0.05, 0.1) is 13.2 Å². The van der Waals surface area contributed by atoms with Crippen LogP contribution in [0.4, 0.5) is 0 Å². The first-order valence-electron chi connectivity index (χ1n) is 11.4. The van der Waals surface area contributed by atoms with Crippen molar-refractivity contribution < 1.29 is 9.53 Å². The molecule has 7 heteroatoms. The van der Waals surface area contributed by atoms with Gasteiger partial charge in [-0.1, -0.05) is 19.3 Å². The van der Waals surface area contributed by atoms with Crippen LogP contribution in [-0.2, 0) is 9.53 Å². The number of nitrogens with one attached hydrogen (secondary N) is 2. The second kappa shape index (κ2) is 11.0. The second-order valence-electron chi connectivity index (χ2n) is 8.37. The molecule has 0 aromatic rings. The lowest BCUT2D eigenvalue weighted by molar-refractivity contribution is -0.130. The van der Waals surface area contributed by atoms with Gasteiger partial charge in [-0.25, -0.2) is 4.99 Å². The summed E-state index contributed by atoms with van der Waals surface area (Å²) in [5.41, 5.74) is 0.190. The van der Waals surface area contributed by atoms with Crippen LogP contribution in [0.3, 0.4) is 0 Å². The molecule has 160 valence electrons. The van der Waals surface area contributed by atoms with E-state index >= 15 is 0 Å². The molecule has 0 spiro atoms. The maximum atomic E-state index is 12.5. The van der Waals surface area contributed by atoms with E-state index in [4.69, 9.17) is 4.74 Å². The molecule has 3 fully saturated rings. The van der Waals surface area contributed by atoms with Crippen LogP contribution in [0.1, 0.15) is 58.3 Å². The molecule has 28 heavy (non-hydrogen) atoms. The highest BCUT2D eigenvalue weighted by molar-refractivity contribution is 5.85. The molecule has 0 radical (unpaired) electrons. The molecule has 2 saturated heterocycles. The first-order chi connectivity index (χ1) is 13.7. The van der Waals surface area contributed by atoms with Gasteiger partial charge < -0.3 is 20.3 Å². The number of likely N-dealkylation sites (tertiary alicyclic amines) is 1. The minimum atomic E-state index is 0.150. The summed E-state index contributed by atoms with van der Waals surface area (Å²) in [6.07, 6.45) is 9.86. The van der Waals surface area contributed by atoms with Crippen LogP contribution in [0.5, 0.6) is 0 Å². The van der Waals surface area contributed by atoms with Gasteiger partial charge in [-0.2, -0.15) is 0 Å². The number of guanidine groups is 1. The Bertz CT molecular complexity index is 507. The molecular formula is C21H39N5O2. The summed E-state index contributed by atoms with van der Waals surface area (Å²) in [6, 6.07) is 0. The number of morpholine rings is 1. The van der Waals surface area contributed by atoms with E-state index in [1.165, 1.54) is 38.5 Å². The maximum Gasteiger partial charge on any atom is 0.244 e. The molecule has 0 unspecified atom stereocenters. The first kappa shape index (κ1) is 21.4. The number of piperidine rings is 1. The SMILES string of the molecule is CCNC(=NCC(=O)N1CCCCC1)NCC1(N2CCOCC2)CCCCC1. The molecule has 7 nitrogen and oxygen atoms in total. The quantitative estimate of drug-likeness (QED) is 0.530. The second-order valence-corrected chi connectivity index (χ2v) is 8.37. The highest BCUT2D eigenvalue weighted by Crippen LogP contribution is 2.33. The van der Waals surface area contributed by atoms with Crippen LogP contribution in [0.15, 0.2) is 4.99 Å². The van der Waals surface area contributed by atoms with E-state index < -0.39 is 0 Å². The fourth-order valence-electron chi connectivity index (χ4n) is 4.83. The molecule has 2 N–H and O–H groups in total. The Balaban J connectivity index is 1.58. The average Bonchev–Trinajstić information content (AvgIpc) is 2.77. The van der Waals surface area contributed by atoms with Crippen molar-refractivity contribution in [1.82, 2.24) is 20.4 Å². The Morgan fingerprint density at radius 2 is 1.64 bits per heavy atom. The topological polar surface area (TPSA) is 69.2 Å². The number of aliphatic imine (C=N–C) groups is 1. The molecule has 1 saturated carbocycles. The molecule has 0 atom stereocenters. The number of rotatable bonds is 6. The summed E-state index contributed by atoms with van der Waals surface area (Å²) in [7, 11) is 0. The zero-order valence-electron chi connectivity index (χ0n) is 17.7. The normalized spacial score (nSPS) is 24.0. The minimum absolute atomic E-state index is 0.150. The highest BCUT2D eigenvalue weighted by atomic mass is 16.5. The van der Waals surface area contributed by atoms with E-state index in [1.807, 2.05) is 4.90 Å². The Hall–Kier alpha value is -1.34. The van der Waals surface area contributed by atoms with E-state index in [2.05, 4.69) is 27.4 Å². The van der Waals surface area contributed by atoms with Crippen LogP contribution >= 0.6 is 0 Å². The maximum absolute atomic E-state index is 12.5. The van der Waals surface area contributed by atoms with Gasteiger partial charge in [-0.15, -0.1) is 0 Å². The fourth-order valence-corrected chi connectivity index (χ4v) is 4.83. The van der Waals surface area contributed by atoms with Crippen LogP contribution in [0.2, 0.25) is 0 Å². The van der Waals surface area contributed by atoms with Gasteiger partial charge in [0.15, 0.2) is 5.96 Å². The summed E-state index contributed by atoms with van der Waals surface area (Å²) in [5.74, 6) is 0.920. The third kappa shape index (κ3) is 5.83. The number of nitrogens with zero attached hydrogens (tertiary/aromatic N) is 3. The van der Waals surface area contributed by atoms with E-state index in [0.29, 0.717) is 0 Å². The largest absolute Gasteiger partial charge is 0.379 e. The number of amides is 1. The van der Waals surface area contributed by atoms with Gasteiger partial charge in [0.25, 0.3) is 0 Å². The van der Waals surface area contributed by atoms with Crippen LogP contribution < -0.4 is 10.6 Å². The van der Waals surface area contributed by atoms with Gasteiger partial charge in [-0.3, -0.25) is 9.69 Å². The van der Waals surface area contributed by atoms with Gasteiger partial charge in [-0.05, 0) is 39.0 Å². The van der Waals surface area contributed by atoms with Crippen molar-refractivity contribution in [1.29, 1.82) is 0 Å². The average molecular weight is 394 g/mol. The summed E-state index contributed by atoms with van der Waals surface area (Å²) in [5, 5.41) is 6.90. The van der Waals surface area contributed by atoms with Gasteiger partial charge in [0.1, 0.15) is 6.54 Å². The zero-order valence-corrected chi connectivity index (χ0v) is 17.7. The number of hydrogen-bond acceptors (Lipinski definition) is 4. The van der Waals surface area contributed by atoms with Crippen molar-refractivity contribution in [3.05, 3.63) is 0 Å². The number of carbonyl (C=O) groups excluding carboxylic acids is 1. The predicted octanol–water partition coefficient (Wildman–Crippen LogP) is 1.59. The third-order valence-electron chi connectivity index (χ3n) is 6.48. The molecular weight excluding hydrogens is 354 g/mol. The molecule has 2 aliphatic heterocycles. The summed E-state index contributed by atoms with van der Waals surface area (Å²) in [6.45, 7) is 9.47. The van der Waals surface area contributed by atoms with Crippen molar-refractivity contribution in [2.24, 2.45) is 4.99 Å². The molecule has 0 aromatic carbocycles. The smallest absolute Gasteiger partial charge is 0.244 e. The molecule has 1 aliphatic carbocycles. The molecule has 0 bridgehead atoms. The van der Waals surface area contributed by atoms with Crippen LogP contribution in [-0.4, -0.2) is 86.2 Å². The van der Waals surface area contributed by atoms with Gasteiger partial charge in [0.2, 0.25) is 5.91 Å².